The lowest BCUT2D eigenvalue weighted by molar-refractivity contribution is -0.120. The summed E-state index contributed by atoms with van der Waals surface area (Å²) in [7, 11) is -3.46. The highest BCUT2D eigenvalue weighted by atomic mass is 32.2. The molecule has 0 unspecified atom stereocenters. The summed E-state index contributed by atoms with van der Waals surface area (Å²) in [5, 5.41) is 8.25. The minimum Gasteiger partial charge on any atom is -0.360 e. The van der Waals surface area contributed by atoms with Crippen molar-refractivity contribution < 1.29 is 13.2 Å². The SMILES string of the molecule is O=C(Nc1nc(-c2c[nH]c3ccccc23)cs1)C1CCN(S(=O)(=O)c2cccs2)CC1. The molecular weight excluding hydrogens is 452 g/mol. The quantitative estimate of drug-likeness (QED) is 0.450. The standard InChI is InChI=1S/C21H20N4O3S3/c26-20(14-7-9-25(10-8-14)31(27,28)19-6-3-11-29-19)24-21-23-18(13-30-21)16-12-22-17-5-2-1-4-15(16)17/h1-6,11-14,22H,7-10H2,(H,23,24,26). The Hall–Kier alpha value is -2.53. The van der Waals surface area contributed by atoms with Crippen molar-refractivity contribution in [1.29, 1.82) is 0 Å². The van der Waals surface area contributed by atoms with E-state index < -0.39 is 10.0 Å². The van der Waals surface area contributed by atoms with E-state index in [-0.39, 0.29) is 11.8 Å². The predicted molar refractivity (Wildman–Crippen MR) is 124 cm³/mol. The largest absolute Gasteiger partial charge is 0.360 e. The monoisotopic (exact) mass is 472 g/mol. The van der Waals surface area contributed by atoms with E-state index in [2.05, 4.69) is 15.3 Å². The Morgan fingerprint density at radius 1 is 1.13 bits per heavy atom. The first-order valence-corrected chi connectivity index (χ1v) is 13.1. The molecule has 4 aromatic rings. The molecule has 0 bridgehead atoms. The number of anilines is 1. The van der Waals surface area contributed by atoms with Gasteiger partial charge in [0.05, 0.1) is 5.69 Å². The van der Waals surface area contributed by atoms with Crippen LogP contribution >= 0.6 is 22.7 Å². The van der Waals surface area contributed by atoms with Crippen molar-refractivity contribution in [2.24, 2.45) is 5.92 Å². The number of nitrogens with one attached hydrogen (secondary N) is 2. The molecule has 1 fully saturated rings. The van der Waals surface area contributed by atoms with Gasteiger partial charge in [-0.2, -0.15) is 4.31 Å². The van der Waals surface area contributed by atoms with Crippen LogP contribution in [-0.2, 0) is 14.8 Å². The van der Waals surface area contributed by atoms with Gasteiger partial charge in [-0.3, -0.25) is 4.79 Å². The van der Waals surface area contributed by atoms with Crippen LogP contribution in [0.2, 0.25) is 0 Å². The van der Waals surface area contributed by atoms with Crippen LogP contribution in [0.15, 0.2) is 57.6 Å². The first-order valence-electron chi connectivity index (χ1n) is 9.89. The summed E-state index contributed by atoms with van der Waals surface area (Å²) in [6.07, 6.45) is 2.92. The maximum absolute atomic E-state index is 12.7. The molecule has 1 saturated heterocycles. The molecule has 0 atom stereocenters. The van der Waals surface area contributed by atoms with Crippen molar-refractivity contribution >= 4 is 54.6 Å². The second-order valence-corrected chi connectivity index (χ2v) is 11.4. The number of aromatic amines is 1. The Morgan fingerprint density at radius 3 is 2.71 bits per heavy atom. The van der Waals surface area contributed by atoms with Gasteiger partial charge in [0.2, 0.25) is 5.91 Å². The lowest BCUT2D eigenvalue weighted by Gasteiger charge is -2.29. The second kappa shape index (κ2) is 8.19. The highest BCUT2D eigenvalue weighted by molar-refractivity contribution is 7.91. The highest BCUT2D eigenvalue weighted by Gasteiger charge is 2.32. The number of rotatable bonds is 5. The fourth-order valence-corrected chi connectivity index (χ4v) is 7.17. The fourth-order valence-electron chi connectivity index (χ4n) is 3.84. The molecule has 10 heteroatoms. The third kappa shape index (κ3) is 3.91. The van der Waals surface area contributed by atoms with Gasteiger partial charge in [0.25, 0.3) is 10.0 Å². The van der Waals surface area contributed by atoms with E-state index in [0.29, 0.717) is 35.3 Å². The molecule has 7 nitrogen and oxygen atoms in total. The van der Waals surface area contributed by atoms with Crippen LogP contribution in [0.3, 0.4) is 0 Å². The first-order chi connectivity index (χ1) is 15.0. The number of carbonyl (C=O) groups excluding carboxylic acids is 1. The summed E-state index contributed by atoms with van der Waals surface area (Å²) in [6, 6.07) is 11.4. The molecule has 1 aliphatic rings. The normalized spacial score (nSPS) is 16.0. The Morgan fingerprint density at radius 2 is 1.94 bits per heavy atom. The van der Waals surface area contributed by atoms with E-state index in [9.17, 15) is 13.2 Å². The Labute approximate surface area is 187 Å². The fraction of sp³-hybridized carbons (Fsp3) is 0.238. The average Bonchev–Trinajstić information content (AvgIpc) is 3.54. The zero-order valence-electron chi connectivity index (χ0n) is 16.4. The van der Waals surface area contributed by atoms with E-state index in [1.807, 2.05) is 35.8 Å². The van der Waals surface area contributed by atoms with Crippen molar-refractivity contribution in [3.8, 4) is 11.3 Å². The van der Waals surface area contributed by atoms with Gasteiger partial charge in [-0.15, -0.1) is 22.7 Å². The number of fused-ring (bicyclic) bond motifs is 1. The van der Waals surface area contributed by atoms with Crippen molar-refractivity contribution in [2.75, 3.05) is 18.4 Å². The van der Waals surface area contributed by atoms with E-state index >= 15 is 0 Å². The average molecular weight is 473 g/mol. The minimum absolute atomic E-state index is 0.104. The van der Waals surface area contributed by atoms with Gasteiger partial charge in [0, 0.05) is 47.1 Å². The van der Waals surface area contributed by atoms with Crippen LogP contribution in [0.1, 0.15) is 12.8 Å². The number of nitrogens with zero attached hydrogens (tertiary/aromatic N) is 2. The third-order valence-electron chi connectivity index (χ3n) is 5.51. The van der Waals surface area contributed by atoms with Crippen molar-refractivity contribution in [3.05, 3.63) is 53.4 Å². The van der Waals surface area contributed by atoms with E-state index in [0.717, 1.165) is 22.2 Å². The van der Waals surface area contributed by atoms with Gasteiger partial charge in [0.15, 0.2) is 5.13 Å². The number of carbonyl (C=O) groups is 1. The number of aromatic nitrogens is 2. The lowest BCUT2D eigenvalue weighted by atomic mass is 9.97. The third-order valence-corrected chi connectivity index (χ3v) is 9.54. The number of hydrogen-bond acceptors (Lipinski definition) is 6. The molecule has 31 heavy (non-hydrogen) atoms. The van der Waals surface area contributed by atoms with Gasteiger partial charge in [-0.05, 0) is 30.4 Å². The van der Waals surface area contributed by atoms with Crippen molar-refractivity contribution in [2.45, 2.75) is 17.1 Å². The number of thiazole rings is 1. The zero-order valence-corrected chi connectivity index (χ0v) is 18.9. The van der Waals surface area contributed by atoms with Crippen LogP contribution in [0, 0.1) is 5.92 Å². The van der Waals surface area contributed by atoms with Gasteiger partial charge in [-0.25, -0.2) is 13.4 Å². The molecule has 0 saturated carbocycles. The number of piperidine rings is 1. The summed E-state index contributed by atoms with van der Waals surface area (Å²) in [5.41, 5.74) is 2.86. The van der Waals surface area contributed by atoms with Gasteiger partial charge in [-0.1, -0.05) is 24.3 Å². The minimum atomic E-state index is -3.46. The van der Waals surface area contributed by atoms with Crippen molar-refractivity contribution in [1.82, 2.24) is 14.3 Å². The first kappa shape index (κ1) is 20.4. The Balaban J connectivity index is 1.23. The molecule has 1 aromatic carbocycles. The molecule has 0 aliphatic carbocycles. The molecule has 0 spiro atoms. The number of benzene rings is 1. The lowest BCUT2D eigenvalue weighted by Crippen LogP contribution is -2.41. The van der Waals surface area contributed by atoms with Gasteiger partial charge >= 0.3 is 0 Å². The molecule has 4 heterocycles. The molecule has 2 N–H and O–H groups in total. The number of H-pyrrole nitrogens is 1. The molecule has 1 amide bonds. The maximum Gasteiger partial charge on any atom is 0.252 e. The summed E-state index contributed by atoms with van der Waals surface area (Å²) < 4.78 is 27.1. The van der Waals surface area contributed by atoms with E-state index in [4.69, 9.17) is 0 Å². The van der Waals surface area contributed by atoms with Crippen LogP contribution in [0.4, 0.5) is 5.13 Å². The van der Waals surface area contributed by atoms with Crippen molar-refractivity contribution in [3.63, 3.8) is 0 Å². The molecular formula is C21H20N4O3S3. The second-order valence-electron chi connectivity index (χ2n) is 7.39. The number of para-hydroxylation sites is 1. The summed E-state index contributed by atoms with van der Waals surface area (Å²) in [6.45, 7) is 0.688. The zero-order chi connectivity index (χ0) is 21.4. The Kier molecular flexibility index (Phi) is 5.39. The number of thiophene rings is 1. The Bertz CT molecular complexity index is 1320. The highest BCUT2D eigenvalue weighted by Crippen LogP contribution is 2.32. The van der Waals surface area contributed by atoms with Crippen LogP contribution < -0.4 is 5.32 Å². The molecule has 3 aromatic heterocycles. The predicted octanol–water partition coefficient (Wildman–Crippen LogP) is 4.39. The summed E-state index contributed by atoms with van der Waals surface area (Å²) in [5.74, 6) is -0.330. The van der Waals surface area contributed by atoms with Crippen LogP contribution in [0.25, 0.3) is 22.2 Å². The molecule has 5 rings (SSSR count). The number of hydrogen-bond donors (Lipinski definition) is 2. The van der Waals surface area contributed by atoms with Crippen LogP contribution in [-0.4, -0.2) is 41.7 Å². The van der Waals surface area contributed by atoms with Gasteiger partial charge in [0.1, 0.15) is 4.21 Å². The maximum atomic E-state index is 12.7. The molecule has 1 aliphatic heterocycles. The molecule has 160 valence electrons. The van der Waals surface area contributed by atoms with E-state index in [1.54, 1.807) is 17.5 Å². The smallest absolute Gasteiger partial charge is 0.252 e. The number of sulfonamides is 1. The topological polar surface area (TPSA) is 95.2 Å². The molecule has 0 radical (unpaired) electrons. The van der Waals surface area contributed by atoms with Crippen LogP contribution in [0.5, 0.6) is 0 Å². The summed E-state index contributed by atoms with van der Waals surface area (Å²) >= 11 is 2.61. The van der Waals surface area contributed by atoms with Gasteiger partial charge < -0.3 is 10.3 Å². The van der Waals surface area contributed by atoms with E-state index in [1.165, 1.54) is 27.0 Å². The number of amides is 1. The summed E-state index contributed by atoms with van der Waals surface area (Å²) in [4.78, 5) is 20.6.